The van der Waals surface area contributed by atoms with Gasteiger partial charge >= 0.3 is 0 Å². The molecule has 1 amide bonds. The van der Waals surface area contributed by atoms with Gasteiger partial charge in [-0.15, -0.1) is 0 Å². The zero-order valence-corrected chi connectivity index (χ0v) is 13.4. The van der Waals surface area contributed by atoms with E-state index < -0.39 is 6.10 Å². The summed E-state index contributed by atoms with van der Waals surface area (Å²) in [6.07, 6.45) is -0.669. The highest BCUT2D eigenvalue weighted by Gasteiger charge is 2.15. The van der Waals surface area contributed by atoms with E-state index in [0.717, 1.165) is 5.69 Å². The maximum Gasteiger partial charge on any atom is 0.265 e. The Bertz CT molecular complexity index is 718. The molecule has 0 fully saturated rings. The lowest BCUT2D eigenvalue weighted by atomic mass is 10.2. The number of carbonyl (C=O) groups excluding carboxylic acids is 1. The van der Waals surface area contributed by atoms with Crippen molar-refractivity contribution in [2.75, 3.05) is 24.3 Å². The lowest BCUT2D eigenvalue weighted by Gasteiger charge is -2.16. The minimum Gasteiger partial charge on any atom is -0.481 e. The van der Waals surface area contributed by atoms with E-state index in [1.165, 1.54) is 0 Å². The van der Waals surface area contributed by atoms with Crippen molar-refractivity contribution in [3.63, 3.8) is 0 Å². The number of rotatable bonds is 5. The van der Waals surface area contributed by atoms with Crippen molar-refractivity contribution in [3.05, 3.63) is 54.1 Å². The SMILES string of the molecule is CC(Oc1cccc(C#N)c1)C(=O)Nc1ccc(N(C)C)cc1. The van der Waals surface area contributed by atoms with Gasteiger partial charge in [-0.1, -0.05) is 6.07 Å². The number of amides is 1. The Hall–Kier alpha value is -3.00. The summed E-state index contributed by atoms with van der Waals surface area (Å²) in [6, 6.07) is 16.3. The fraction of sp³-hybridized carbons (Fsp3) is 0.222. The van der Waals surface area contributed by atoms with Gasteiger partial charge in [0.25, 0.3) is 5.91 Å². The number of carbonyl (C=O) groups is 1. The van der Waals surface area contributed by atoms with Gasteiger partial charge < -0.3 is 15.0 Å². The summed E-state index contributed by atoms with van der Waals surface area (Å²) in [4.78, 5) is 14.2. The van der Waals surface area contributed by atoms with Gasteiger partial charge in [-0.3, -0.25) is 4.79 Å². The third-order valence-corrected chi connectivity index (χ3v) is 3.30. The fourth-order valence-corrected chi connectivity index (χ4v) is 1.98. The molecule has 0 radical (unpaired) electrons. The summed E-state index contributed by atoms with van der Waals surface area (Å²) in [7, 11) is 3.91. The molecule has 5 nitrogen and oxygen atoms in total. The molecule has 0 bridgehead atoms. The van der Waals surface area contributed by atoms with Crippen molar-refractivity contribution < 1.29 is 9.53 Å². The highest BCUT2D eigenvalue weighted by molar-refractivity contribution is 5.94. The zero-order chi connectivity index (χ0) is 16.8. The number of nitriles is 1. The fourth-order valence-electron chi connectivity index (χ4n) is 1.98. The van der Waals surface area contributed by atoms with Crippen LogP contribution in [0.4, 0.5) is 11.4 Å². The molecule has 0 aromatic heterocycles. The van der Waals surface area contributed by atoms with Crippen LogP contribution in [0, 0.1) is 11.3 Å². The molecular formula is C18H19N3O2. The minimum atomic E-state index is -0.669. The van der Waals surface area contributed by atoms with Crippen molar-refractivity contribution in [1.29, 1.82) is 5.26 Å². The van der Waals surface area contributed by atoms with Crippen LogP contribution >= 0.6 is 0 Å². The molecule has 0 heterocycles. The van der Waals surface area contributed by atoms with Crippen molar-refractivity contribution in [3.8, 4) is 11.8 Å². The molecule has 2 aromatic rings. The van der Waals surface area contributed by atoms with Gasteiger partial charge in [0.05, 0.1) is 11.6 Å². The summed E-state index contributed by atoms with van der Waals surface area (Å²) in [5, 5.41) is 11.7. The normalized spacial score (nSPS) is 11.2. The number of nitrogens with zero attached hydrogens (tertiary/aromatic N) is 2. The number of ether oxygens (including phenoxy) is 1. The molecule has 23 heavy (non-hydrogen) atoms. The van der Waals surface area contributed by atoms with E-state index in [1.54, 1.807) is 31.2 Å². The first-order chi connectivity index (χ1) is 11.0. The maximum atomic E-state index is 12.2. The predicted molar refractivity (Wildman–Crippen MR) is 90.6 cm³/mol. The van der Waals surface area contributed by atoms with Gasteiger partial charge in [-0.2, -0.15) is 5.26 Å². The molecule has 118 valence electrons. The van der Waals surface area contributed by atoms with E-state index in [9.17, 15) is 4.79 Å². The maximum absolute atomic E-state index is 12.2. The molecule has 0 aliphatic rings. The van der Waals surface area contributed by atoms with Gasteiger partial charge in [0, 0.05) is 25.5 Å². The van der Waals surface area contributed by atoms with Crippen LogP contribution in [0.25, 0.3) is 0 Å². The largest absolute Gasteiger partial charge is 0.481 e. The standard InChI is InChI=1S/C18H19N3O2/c1-13(23-17-6-4-5-14(11-17)12-19)18(22)20-15-7-9-16(10-8-15)21(2)3/h4-11,13H,1-3H3,(H,20,22). The molecule has 0 saturated heterocycles. The number of anilines is 2. The Labute approximate surface area is 136 Å². The first-order valence-corrected chi connectivity index (χ1v) is 7.24. The number of hydrogen-bond acceptors (Lipinski definition) is 4. The number of nitrogens with one attached hydrogen (secondary N) is 1. The Morgan fingerprint density at radius 2 is 1.91 bits per heavy atom. The summed E-state index contributed by atoms with van der Waals surface area (Å²) in [5.74, 6) is 0.250. The monoisotopic (exact) mass is 309 g/mol. The van der Waals surface area contributed by atoms with Crippen LogP contribution < -0.4 is 15.0 Å². The summed E-state index contributed by atoms with van der Waals surface area (Å²) in [5.41, 5.74) is 2.26. The summed E-state index contributed by atoms with van der Waals surface area (Å²) < 4.78 is 5.58. The van der Waals surface area contributed by atoms with Crippen molar-refractivity contribution in [2.45, 2.75) is 13.0 Å². The van der Waals surface area contributed by atoms with E-state index in [2.05, 4.69) is 5.32 Å². The van der Waals surface area contributed by atoms with Crippen molar-refractivity contribution in [2.24, 2.45) is 0 Å². The molecular weight excluding hydrogens is 290 g/mol. The molecule has 0 saturated carbocycles. The van der Waals surface area contributed by atoms with Gasteiger partial charge in [0.15, 0.2) is 6.10 Å². The highest BCUT2D eigenvalue weighted by atomic mass is 16.5. The van der Waals surface area contributed by atoms with Gasteiger partial charge in [0.2, 0.25) is 0 Å². The van der Waals surface area contributed by atoms with E-state index in [1.807, 2.05) is 49.3 Å². The molecule has 2 rings (SSSR count). The third-order valence-electron chi connectivity index (χ3n) is 3.30. The average Bonchev–Trinajstić information content (AvgIpc) is 2.55. The second kappa shape index (κ2) is 7.32. The van der Waals surface area contributed by atoms with Gasteiger partial charge in [-0.25, -0.2) is 0 Å². The minimum absolute atomic E-state index is 0.245. The first-order valence-electron chi connectivity index (χ1n) is 7.24. The van der Waals surface area contributed by atoms with Gasteiger partial charge in [0.1, 0.15) is 5.75 Å². The van der Waals surface area contributed by atoms with Crippen LogP contribution in [0.5, 0.6) is 5.75 Å². The Morgan fingerprint density at radius 3 is 2.52 bits per heavy atom. The number of benzene rings is 2. The van der Waals surface area contributed by atoms with Gasteiger partial charge in [-0.05, 0) is 49.4 Å². The van der Waals surface area contributed by atoms with Crippen LogP contribution in [0.1, 0.15) is 12.5 Å². The molecule has 5 heteroatoms. The topological polar surface area (TPSA) is 65.4 Å². The van der Waals surface area contributed by atoms with E-state index in [4.69, 9.17) is 10.00 Å². The smallest absolute Gasteiger partial charge is 0.265 e. The summed E-state index contributed by atoms with van der Waals surface area (Å²) in [6.45, 7) is 1.67. The van der Waals surface area contributed by atoms with Crippen LogP contribution in [-0.4, -0.2) is 26.1 Å². The van der Waals surface area contributed by atoms with Crippen LogP contribution in [0.15, 0.2) is 48.5 Å². The molecule has 0 aliphatic carbocycles. The number of hydrogen-bond donors (Lipinski definition) is 1. The average molecular weight is 309 g/mol. The second-order valence-corrected chi connectivity index (χ2v) is 5.33. The van der Waals surface area contributed by atoms with Crippen LogP contribution in [0.2, 0.25) is 0 Å². The molecule has 1 N–H and O–H groups in total. The Kier molecular flexibility index (Phi) is 5.21. The molecule has 2 aromatic carbocycles. The second-order valence-electron chi connectivity index (χ2n) is 5.33. The zero-order valence-electron chi connectivity index (χ0n) is 13.4. The molecule has 1 unspecified atom stereocenters. The van der Waals surface area contributed by atoms with Crippen molar-refractivity contribution >= 4 is 17.3 Å². The van der Waals surface area contributed by atoms with E-state index >= 15 is 0 Å². The Morgan fingerprint density at radius 1 is 1.22 bits per heavy atom. The highest BCUT2D eigenvalue weighted by Crippen LogP contribution is 2.17. The van der Waals surface area contributed by atoms with Crippen molar-refractivity contribution in [1.82, 2.24) is 0 Å². The lowest BCUT2D eigenvalue weighted by molar-refractivity contribution is -0.122. The third kappa shape index (κ3) is 4.48. The Balaban J connectivity index is 1.98. The predicted octanol–water partition coefficient (Wildman–Crippen LogP) is 3.03. The molecule has 0 spiro atoms. The molecule has 0 aliphatic heterocycles. The summed E-state index contributed by atoms with van der Waals surface area (Å²) >= 11 is 0. The lowest BCUT2D eigenvalue weighted by Crippen LogP contribution is -2.30. The van der Waals surface area contributed by atoms with Crippen LogP contribution in [-0.2, 0) is 4.79 Å². The van der Waals surface area contributed by atoms with Crippen LogP contribution in [0.3, 0.4) is 0 Å². The molecule has 1 atom stereocenters. The quantitative estimate of drug-likeness (QED) is 0.922. The van der Waals surface area contributed by atoms with E-state index in [-0.39, 0.29) is 5.91 Å². The first kappa shape index (κ1) is 16.4. The van der Waals surface area contributed by atoms with E-state index in [0.29, 0.717) is 17.0 Å².